The summed E-state index contributed by atoms with van der Waals surface area (Å²) in [6, 6.07) is 0.0757. The average molecular weight is 373 g/mol. The largest absolute Gasteiger partial charge is 0.450 e. The third kappa shape index (κ3) is 9.35. The summed E-state index contributed by atoms with van der Waals surface area (Å²) in [5.41, 5.74) is 1.71. The molecule has 0 saturated carbocycles. The van der Waals surface area contributed by atoms with E-state index in [1.807, 2.05) is 6.92 Å². The fraction of sp³-hybridized carbons (Fsp3) is 0.889. The fourth-order valence-corrected chi connectivity index (χ4v) is 3.32. The van der Waals surface area contributed by atoms with E-state index >= 15 is 0 Å². The zero-order valence-corrected chi connectivity index (χ0v) is 16.3. The summed E-state index contributed by atoms with van der Waals surface area (Å²) in [5.74, 6) is 0.0864. The van der Waals surface area contributed by atoms with Crippen LogP contribution in [-0.2, 0) is 14.4 Å². The SMILES string of the molecule is CC(C)C[C@H]1C(=O)NC(C)CCCCNC(=O)OCCC[C@@H]1CONO. The maximum atomic E-state index is 12.9. The smallest absolute Gasteiger partial charge is 0.407 e. The van der Waals surface area contributed by atoms with Crippen LogP contribution in [0.2, 0.25) is 0 Å². The molecule has 2 amide bonds. The quantitative estimate of drug-likeness (QED) is 0.551. The first-order chi connectivity index (χ1) is 12.4. The van der Waals surface area contributed by atoms with E-state index < -0.39 is 6.09 Å². The van der Waals surface area contributed by atoms with Crippen molar-refractivity contribution in [3.05, 3.63) is 0 Å². The lowest BCUT2D eigenvalue weighted by Gasteiger charge is -2.28. The molecule has 0 spiro atoms. The van der Waals surface area contributed by atoms with Crippen LogP contribution in [0.4, 0.5) is 4.79 Å². The molecule has 1 saturated heterocycles. The highest BCUT2D eigenvalue weighted by Gasteiger charge is 2.30. The van der Waals surface area contributed by atoms with Crippen LogP contribution in [-0.4, -0.2) is 43.0 Å². The molecule has 0 aromatic heterocycles. The lowest BCUT2D eigenvalue weighted by atomic mass is 9.82. The number of cyclic esters (lactones) is 1. The van der Waals surface area contributed by atoms with Gasteiger partial charge in [0, 0.05) is 18.5 Å². The Hall–Kier alpha value is -1.38. The average Bonchev–Trinajstić information content (AvgIpc) is 2.58. The molecule has 1 rings (SSSR count). The van der Waals surface area contributed by atoms with Crippen LogP contribution in [0.5, 0.6) is 0 Å². The van der Waals surface area contributed by atoms with Crippen LogP contribution in [0.25, 0.3) is 0 Å². The van der Waals surface area contributed by atoms with Gasteiger partial charge in [-0.05, 0) is 57.3 Å². The standard InChI is InChI=1S/C18H35N3O5/c1-13(2)11-16-15(12-26-21-24)8-6-10-25-18(23)19-9-5-4-7-14(3)20-17(16)22/h13-16,21,24H,4-12H2,1-3H3,(H,19,23)(H,20,22)/t14?,15-,16-/m1/s1. The number of ether oxygens (including phenoxy) is 1. The van der Waals surface area contributed by atoms with Crippen molar-refractivity contribution in [3.63, 3.8) is 0 Å². The predicted octanol–water partition coefficient (Wildman–Crippen LogP) is 2.37. The number of hydrogen-bond acceptors (Lipinski definition) is 6. The van der Waals surface area contributed by atoms with Crippen molar-refractivity contribution < 1.29 is 24.4 Å². The van der Waals surface area contributed by atoms with E-state index in [1.54, 1.807) is 5.64 Å². The van der Waals surface area contributed by atoms with Gasteiger partial charge in [0.2, 0.25) is 5.91 Å². The van der Waals surface area contributed by atoms with Crippen molar-refractivity contribution in [1.82, 2.24) is 16.3 Å². The Morgan fingerprint density at radius 2 is 2.04 bits per heavy atom. The third-order valence-electron chi connectivity index (χ3n) is 4.67. The van der Waals surface area contributed by atoms with Gasteiger partial charge < -0.3 is 15.4 Å². The fourth-order valence-electron chi connectivity index (χ4n) is 3.32. The second-order valence-electron chi connectivity index (χ2n) is 7.51. The molecule has 0 radical (unpaired) electrons. The van der Waals surface area contributed by atoms with Gasteiger partial charge in [-0.15, -0.1) is 0 Å². The predicted molar refractivity (Wildman–Crippen MR) is 97.3 cm³/mol. The molecule has 8 heteroatoms. The van der Waals surface area contributed by atoms with Crippen molar-refractivity contribution in [2.75, 3.05) is 19.8 Å². The van der Waals surface area contributed by atoms with Crippen molar-refractivity contribution in [2.24, 2.45) is 17.8 Å². The lowest BCUT2D eigenvalue weighted by molar-refractivity contribution is -0.149. The Kier molecular flexibility index (Phi) is 11.2. The molecule has 1 heterocycles. The first kappa shape index (κ1) is 22.7. The Morgan fingerprint density at radius 1 is 1.27 bits per heavy atom. The van der Waals surface area contributed by atoms with Crippen LogP contribution in [0, 0.1) is 17.8 Å². The number of amides is 2. The van der Waals surface area contributed by atoms with E-state index in [-0.39, 0.29) is 30.4 Å². The van der Waals surface area contributed by atoms with Gasteiger partial charge in [0.25, 0.3) is 0 Å². The van der Waals surface area contributed by atoms with Gasteiger partial charge in [0.1, 0.15) is 0 Å². The monoisotopic (exact) mass is 373 g/mol. The topological polar surface area (TPSA) is 109 Å². The van der Waals surface area contributed by atoms with Crippen LogP contribution >= 0.6 is 0 Å². The van der Waals surface area contributed by atoms with Gasteiger partial charge in [-0.2, -0.15) is 0 Å². The summed E-state index contributed by atoms with van der Waals surface area (Å²) in [6.07, 6.45) is 4.25. The first-order valence-electron chi connectivity index (χ1n) is 9.65. The molecule has 1 fully saturated rings. The maximum absolute atomic E-state index is 12.9. The number of alkyl carbamates (subject to hydrolysis) is 1. The van der Waals surface area contributed by atoms with E-state index in [1.165, 1.54) is 0 Å². The molecule has 0 bridgehead atoms. The van der Waals surface area contributed by atoms with E-state index in [4.69, 9.17) is 14.8 Å². The second kappa shape index (κ2) is 12.9. The minimum Gasteiger partial charge on any atom is -0.450 e. The number of hydrogen-bond donors (Lipinski definition) is 4. The summed E-state index contributed by atoms with van der Waals surface area (Å²) in [4.78, 5) is 29.5. The summed E-state index contributed by atoms with van der Waals surface area (Å²) < 4.78 is 5.18. The summed E-state index contributed by atoms with van der Waals surface area (Å²) in [6.45, 7) is 7.26. The number of nitrogens with one attached hydrogen (secondary N) is 3. The molecular formula is C18H35N3O5. The maximum Gasteiger partial charge on any atom is 0.407 e. The van der Waals surface area contributed by atoms with E-state index in [2.05, 4.69) is 24.5 Å². The third-order valence-corrected chi connectivity index (χ3v) is 4.67. The zero-order valence-electron chi connectivity index (χ0n) is 16.3. The highest BCUT2D eigenvalue weighted by molar-refractivity contribution is 5.79. The normalized spacial score (nSPS) is 27.0. The Balaban J connectivity index is 2.85. The van der Waals surface area contributed by atoms with Crippen molar-refractivity contribution >= 4 is 12.0 Å². The highest BCUT2D eigenvalue weighted by atomic mass is 16.8. The molecule has 3 atom stereocenters. The minimum absolute atomic E-state index is 0.0303. The molecule has 4 N–H and O–H groups in total. The minimum atomic E-state index is -0.398. The second-order valence-corrected chi connectivity index (χ2v) is 7.51. The molecule has 0 aromatic rings. The van der Waals surface area contributed by atoms with E-state index in [0.29, 0.717) is 31.9 Å². The molecule has 1 unspecified atom stereocenters. The molecule has 152 valence electrons. The van der Waals surface area contributed by atoms with Crippen molar-refractivity contribution in [3.8, 4) is 0 Å². The van der Waals surface area contributed by atoms with Crippen LogP contribution in [0.3, 0.4) is 0 Å². The van der Waals surface area contributed by atoms with Gasteiger partial charge >= 0.3 is 6.09 Å². The Morgan fingerprint density at radius 3 is 2.73 bits per heavy atom. The Bertz CT molecular complexity index is 420. The van der Waals surface area contributed by atoms with Gasteiger partial charge in [0.05, 0.1) is 13.2 Å². The van der Waals surface area contributed by atoms with Gasteiger partial charge in [-0.25, -0.2) is 4.79 Å². The van der Waals surface area contributed by atoms with Gasteiger partial charge in [0.15, 0.2) is 0 Å². The number of rotatable bonds is 5. The molecule has 0 aromatic carbocycles. The molecule has 8 nitrogen and oxygen atoms in total. The summed E-state index contributed by atoms with van der Waals surface area (Å²) >= 11 is 0. The van der Waals surface area contributed by atoms with E-state index in [0.717, 1.165) is 25.7 Å². The number of carbonyl (C=O) groups is 2. The van der Waals surface area contributed by atoms with Crippen LogP contribution < -0.4 is 16.3 Å². The van der Waals surface area contributed by atoms with E-state index in [9.17, 15) is 9.59 Å². The van der Waals surface area contributed by atoms with Crippen LogP contribution in [0.15, 0.2) is 0 Å². The molecular weight excluding hydrogens is 338 g/mol. The van der Waals surface area contributed by atoms with Crippen molar-refractivity contribution in [2.45, 2.75) is 65.3 Å². The van der Waals surface area contributed by atoms with Gasteiger partial charge in [-0.3, -0.25) is 14.8 Å². The Labute approximate surface area is 156 Å². The van der Waals surface area contributed by atoms with Crippen molar-refractivity contribution in [1.29, 1.82) is 0 Å². The zero-order chi connectivity index (χ0) is 19.4. The first-order valence-corrected chi connectivity index (χ1v) is 9.65. The summed E-state index contributed by atoms with van der Waals surface area (Å²) in [7, 11) is 0. The molecule has 1 aliphatic heterocycles. The molecule has 0 aliphatic carbocycles. The van der Waals surface area contributed by atoms with Crippen LogP contribution in [0.1, 0.15) is 59.3 Å². The van der Waals surface area contributed by atoms with Gasteiger partial charge in [-0.1, -0.05) is 19.5 Å². The molecule has 26 heavy (non-hydrogen) atoms. The highest BCUT2D eigenvalue weighted by Crippen LogP contribution is 2.26. The number of carbonyl (C=O) groups excluding carboxylic acids is 2. The molecule has 1 aliphatic rings. The lowest BCUT2D eigenvalue weighted by Crippen LogP contribution is -2.42. The summed E-state index contributed by atoms with van der Waals surface area (Å²) in [5, 5.41) is 14.6.